The van der Waals surface area contributed by atoms with E-state index in [1.54, 1.807) is 6.07 Å². The monoisotopic (exact) mass is 408 g/mol. The van der Waals surface area contributed by atoms with Crippen molar-refractivity contribution in [3.8, 4) is 11.5 Å². The highest BCUT2D eigenvalue weighted by Crippen LogP contribution is 2.30. The van der Waals surface area contributed by atoms with Crippen LogP contribution in [0.15, 0.2) is 42.5 Å². The maximum atomic E-state index is 12.4. The number of fused-ring (bicyclic) bond motifs is 2. The van der Waals surface area contributed by atoms with E-state index >= 15 is 0 Å². The normalized spacial score (nSPS) is 15.1. The average molecular weight is 408 g/mol. The third-order valence-electron chi connectivity index (χ3n) is 4.97. The lowest BCUT2D eigenvalue weighted by atomic mass is 10.2. The minimum Gasteiger partial charge on any atom is -0.485 e. The molecular weight excluding hydrogens is 384 g/mol. The van der Waals surface area contributed by atoms with Crippen molar-refractivity contribution in [1.29, 1.82) is 0 Å². The van der Waals surface area contributed by atoms with Gasteiger partial charge in [0.2, 0.25) is 12.0 Å². The Balaban J connectivity index is 1.30. The summed E-state index contributed by atoms with van der Waals surface area (Å²) in [5.41, 5.74) is 2.55. The van der Waals surface area contributed by atoms with Crippen LogP contribution in [0, 0.1) is 0 Å². The number of nitrogens with zero attached hydrogens (tertiary/aromatic N) is 2. The van der Waals surface area contributed by atoms with Crippen LogP contribution in [0.5, 0.6) is 11.5 Å². The fraction of sp³-hybridized carbons (Fsp3) is 0.318. The van der Waals surface area contributed by atoms with Gasteiger partial charge in [0.1, 0.15) is 12.4 Å². The van der Waals surface area contributed by atoms with Gasteiger partial charge in [0.15, 0.2) is 11.5 Å². The molecule has 0 aliphatic carbocycles. The molecule has 30 heavy (non-hydrogen) atoms. The quantitative estimate of drug-likeness (QED) is 0.611. The van der Waals surface area contributed by atoms with E-state index in [-0.39, 0.29) is 18.4 Å². The molecule has 2 N–H and O–H groups in total. The Kier molecular flexibility index (Phi) is 5.56. The van der Waals surface area contributed by atoms with Gasteiger partial charge in [-0.15, -0.1) is 0 Å². The van der Waals surface area contributed by atoms with Crippen molar-refractivity contribution < 1.29 is 19.1 Å². The minimum atomic E-state index is -0.650. The van der Waals surface area contributed by atoms with Crippen molar-refractivity contribution in [2.75, 3.05) is 18.5 Å². The lowest BCUT2D eigenvalue weighted by Crippen LogP contribution is -2.44. The summed E-state index contributed by atoms with van der Waals surface area (Å²) < 4.78 is 13.3. The Bertz CT molecular complexity index is 1090. The molecule has 4 rings (SSSR count). The number of para-hydroxylation sites is 2. The van der Waals surface area contributed by atoms with Gasteiger partial charge in [0.25, 0.3) is 5.91 Å². The first kappa shape index (κ1) is 19.8. The number of aryl methyl sites for hydroxylation is 2. The maximum absolute atomic E-state index is 12.4. The number of nitrogens with one attached hydrogen (secondary N) is 2. The van der Waals surface area contributed by atoms with Crippen LogP contribution < -0.4 is 20.1 Å². The number of ether oxygens (including phenoxy) is 2. The molecule has 156 valence electrons. The predicted molar refractivity (Wildman–Crippen MR) is 113 cm³/mol. The summed E-state index contributed by atoms with van der Waals surface area (Å²) in [6.45, 7) is 2.19. The molecule has 0 bridgehead atoms. The van der Waals surface area contributed by atoms with Gasteiger partial charge in [0, 0.05) is 32.6 Å². The molecule has 1 atom stereocenters. The van der Waals surface area contributed by atoms with E-state index in [4.69, 9.17) is 9.47 Å². The van der Waals surface area contributed by atoms with Crippen LogP contribution in [-0.2, 0) is 23.1 Å². The molecule has 1 aliphatic heterocycles. The molecule has 0 spiro atoms. The average Bonchev–Trinajstić information content (AvgIpc) is 3.05. The van der Waals surface area contributed by atoms with Crippen molar-refractivity contribution in [2.24, 2.45) is 7.05 Å². The number of hydrogen-bond donors (Lipinski definition) is 2. The number of aromatic nitrogens is 2. The van der Waals surface area contributed by atoms with Gasteiger partial charge >= 0.3 is 0 Å². The first-order valence-corrected chi connectivity index (χ1v) is 9.90. The zero-order chi connectivity index (χ0) is 21.1. The Labute approximate surface area is 174 Å². The van der Waals surface area contributed by atoms with Crippen LogP contribution in [0.25, 0.3) is 11.0 Å². The highest BCUT2D eigenvalue weighted by Gasteiger charge is 2.26. The molecule has 3 aromatic rings. The number of benzene rings is 2. The summed E-state index contributed by atoms with van der Waals surface area (Å²) in [4.78, 5) is 28.3. The largest absolute Gasteiger partial charge is 0.485 e. The molecule has 0 saturated carbocycles. The zero-order valence-electron chi connectivity index (χ0n) is 17.0. The van der Waals surface area contributed by atoms with Gasteiger partial charge in [-0.3, -0.25) is 9.59 Å². The number of hydrogen-bond acceptors (Lipinski definition) is 5. The van der Waals surface area contributed by atoms with Gasteiger partial charge in [-0.25, -0.2) is 4.98 Å². The molecule has 2 aromatic carbocycles. The first-order chi connectivity index (χ1) is 14.5. The van der Waals surface area contributed by atoms with Crippen molar-refractivity contribution in [2.45, 2.75) is 25.9 Å². The van der Waals surface area contributed by atoms with Crippen LogP contribution in [0.3, 0.4) is 0 Å². The van der Waals surface area contributed by atoms with Crippen LogP contribution in [0.1, 0.15) is 19.2 Å². The SMILES string of the molecule is CC(=O)Nc1ccc2c(c1)nc(CCCNC(=O)[C@@H]1COc3ccccc3O1)n2C. The predicted octanol–water partition coefficient (Wildman–Crippen LogP) is 2.42. The summed E-state index contributed by atoms with van der Waals surface area (Å²) in [7, 11) is 1.96. The van der Waals surface area contributed by atoms with Gasteiger partial charge in [-0.2, -0.15) is 0 Å². The number of carbonyl (C=O) groups is 2. The fourth-order valence-corrected chi connectivity index (χ4v) is 3.47. The van der Waals surface area contributed by atoms with E-state index in [2.05, 4.69) is 15.6 Å². The standard InChI is InChI=1S/C22H24N4O4/c1-14(27)24-15-9-10-17-16(12-15)25-21(26(17)2)8-5-11-23-22(28)20-13-29-18-6-3-4-7-19(18)30-20/h3-4,6-7,9-10,12,20H,5,8,11,13H2,1-2H3,(H,23,28)(H,24,27)/t20-/m0/s1. The second kappa shape index (κ2) is 8.44. The molecule has 8 nitrogen and oxygen atoms in total. The molecule has 1 aromatic heterocycles. The smallest absolute Gasteiger partial charge is 0.264 e. The third-order valence-corrected chi connectivity index (χ3v) is 4.97. The van der Waals surface area contributed by atoms with Crippen molar-refractivity contribution in [3.63, 3.8) is 0 Å². The highest BCUT2D eigenvalue weighted by molar-refractivity contribution is 5.91. The fourth-order valence-electron chi connectivity index (χ4n) is 3.47. The molecular formula is C22H24N4O4. The zero-order valence-corrected chi connectivity index (χ0v) is 17.0. The van der Waals surface area contributed by atoms with Crippen LogP contribution in [0.2, 0.25) is 0 Å². The molecule has 0 fully saturated rings. The topological polar surface area (TPSA) is 94.5 Å². The number of imidazole rings is 1. The van der Waals surface area contributed by atoms with E-state index in [9.17, 15) is 9.59 Å². The van der Waals surface area contributed by atoms with Gasteiger partial charge in [-0.1, -0.05) is 12.1 Å². The molecule has 2 heterocycles. The highest BCUT2D eigenvalue weighted by atomic mass is 16.6. The number of carbonyl (C=O) groups excluding carboxylic acids is 2. The second-order valence-electron chi connectivity index (χ2n) is 7.23. The second-order valence-corrected chi connectivity index (χ2v) is 7.23. The van der Waals surface area contributed by atoms with E-state index in [0.717, 1.165) is 29.0 Å². The van der Waals surface area contributed by atoms with Crippen LogP contribution in [0.4, 0.5) is 5.69 Å². The molecule has 1 aliphatic rings. The van der Waals surface area contributed by atoms with Gasteiger partial charge in [0.05, 0.1) is 11.0 Å². The Morgan fingerprint density at radius 1 is 1.20 bits per heavy atom. The lowest BCUT2D eigenvalue weighted by molar-refractivity contribution is -0.130. The molecule has 0 radical (unpaired) electrons. The number of amides is 2. The lowest BCUT2D eigenvalue weighted by Gasteiger charge is -2.25. The first-order valence-electron chi connectivity index (χ1n) is 9.90. The molecule has 2 amide bonds. The Morgan fingerprint density at radius 3 is 2.80 bits per heavy atom. The van der Waals surface area contributed by atoms with Gasteiger partial charge in [-0.05, 0) is 36.8 Å². The summed E-state index contributed by atoms with van der Waals surface area (Å²) in [5, 5.41) is 5.68. The number of anilines is 1. The summed E-state index contributed by atoms with van der Waals surface area (Å²) in [6.07, 6.45) is 0.806. The van der Waals surface area contributed by atoms with Crippen LogP contribution in [-0.4, -0.2) is 40.6 Å². The van der Waals surface area contributed by atoms with Crippen molar-refractivity contribution in [3.05, 3.63) is 48.3 Å². The third kappa shape index (κ3) is 4.22. The van der Waals surface area contributed by atoms with Crippen molar-refractivity contribution >= 4 is 28.5 Å². The summed E-state index contributed by atoms with van der Waals surface area (Å²) in [5.74, 6) is 1.87. The van der Waals surface area contributed by atoms with Crippen molar-refractivity contribution in [1.82, 2.24) is 14.9 Å². The minimum absolute atomic E-state index is 0.114. The number of rotatable bonds is 6. The summed E-state index contributed by atoms with van der Waals surface area (Å²) >= 11 is 0. The summed E-state index contributed by atoms with van der Waals surface area (Å²) in [6, 6.07) is 13.0. The Morgan fingerprint density at radius 2 is 2.00 bits per heavy atom. The van der Waals surface area contributed by atoms with E-state index in [1.807, 2.05) is 48.0 Å². The van der Waals surface area contributed by atoms with E-state index < -0.39 is 6.10 Å². The maximum Gasteiger partial charge on any atom is 0.264 e. The molecule has 8 heteroatoms. The molecule has 0 saturated heterocycles. The van der Waals surface area contributed by atoms with E-state index in [1.165, 1.54) is 6.92 Å². The molecule has 0 unspecified atom stereocenters. The van der Waals surface area contributed by atoms with E-state index in [0.29, 0.717) is 24.5 Å². The van der Waals surface area contributed by atoms with Gasteiger partial charge < -0.3 is 24.7 Å². The Hall–Kier alpha value is -3.55. The van der Waals surface area contributed by atoms with Crippen LogP contribution >= 0.6 is 0 Å².